The summed E-state index contributed by atoms with van der Waals surface area (Å²) in [5.41, 5.74) is 2.19. The highest BCUT2D eigenvalue weighted by molar-refractivity contribution is 5.94. The Balaban J connectivity index is 2.11. The molecule has 0 bridgehead atoms. The standard InChI is InChI=1S/C16H24N2O/c1-12-11-18(10-9-17-12)15(19)13-5-7-14(8-6-13)16(2,3)4/h5-8,12,17H,9-11H2,1-4H3/t12-/m0/s1. The Morgan fingerprint density at radius 3 is 2.42 bits per heavy atom. The van der Waals surface area contributed by atoms with E-state index >= 15 is 0 Å². The van der Waals surface area contributed by atoms with Gasteiger partial charge in [0.25, 0.3) is 5.91 Å². The number of piperazine rings is 1. The van der Waals surface area contributed by atoms with Crippen LogP contribution >= 0.6 is 0 Å². The number of benzene rings is 1. The summed E-state index contributed by atoms with van der Waals surface area (Å²) in [5.74, 6) is 0.147. The van der Waals surface area contributed by atoms with Crippen molar-refractivity contribution in [2.45, 2.75) is 39.2 Å². The first kappa shape index (κ1) is 14.1. The van der Waals surface area contributed by atoms with Crippen LogP contribution in [-0.4, -0.2) is 36.5 Å². The third kappa shape index (κ3) is 3.35. The Bertz CT molecular complexity index is 445. The topological polar surface area (TPSA) is 32.3 Å². The summed E-state index contributed by atoms with van der Waals surface area (Å²) in [7, 11) is 0. The van der Waals surface area contributed by atoms with E-state index in [0.29, 0.717) is 6.04 Å². The molecule has 0 unspecified atom stereocenters. The number of hydrogen-bond donors (Lipinski definition) is 1. The molecule has 1 heterocycles. The van der Waals surface area contributed by atoms with Crippen molar-refractivity contribution in [3.63, 3.8) is 0 Å². The molecule has 3 heteroatoms. The predicted molar refractivity (Wildman–Crippen MR) is 78.5 cm³/mol. The molecule has 1 saturated heterocycles. The van der Waals surface area contributed by atoms with Gasteiger partial charge in [0, 0.05) is 31.2 Å². The number of hydrogen-bond acceptors (Lipinski definition) is 2. The largest absolute Gasteiger partial charge is 0.336 e. The molecular formula is C16H24N2O. The van der Waals surface area contributed by atoms with Crippen LogP contribution in [0.4, 0.5) is 0 Å². The molecule has 104 valence electrons. The molecule has 1 aromatic carbocycles. The highest BCUT2D eigenvalue weighted by Gasteiger charge is 2.22. The normalized spacial score (nSPS) is 20.4. The van der Waals surface area contributed by atoms with E-state index in [-0.39, 0.29) is 11.3 Å². The van der Waals surface area contributed by atoms with Crippen molar-refractivity contribution in [2.75, 3.05) is 19.6 Å². The first-order valence-electron chi connectivity index (χ1n) is 7.01. The summed E-state index contributed by atoms with van der Waals surface area (Å²) in [4.78, 5) is 14.3. The number of amides is 1. The van der Waals surface area contributed by atoms with E-state index in [1.54, 1.807) is 0 Å². The maximum Gasteiger partial charge on any atom is 0.253 e. The Morgan fingerprint density at radius 2 is 1.89 bits per heavy atom. The van der Waals surface area contributed by atoms with E-state index in [4.69, 9.17) is 0 Å². The zero-order chi connectivity index (χ0) is 14.0. The molecule has 0 radical (unpaired) electrons. The Hall–Kier alpha value is -1.35. The van der Waals surface area contributed by atoms with Gasteiger partial charge in [0.1, 0.15) is 0 Å². The Morgan fingerprint density at radius 1 is 1.26 bits per heavy atom. The van der Waals surface area contributed by atoms with E-state index < -0.39 is 0 Å². The van der Waals surface area contributed by atoms with Crippen LogP contribution in [0, 0.1) is 0 Å². The molecule has 1 atom stereocenters. The number of nitrogens with zero attached hydrogens (tertiary/aromatic N) is 1. The summed E-state index contributed by atoms with van der Waals surface area (Å²) in [5, 5.41) is 3.35. The average Bonchev–Trinajstić information content (AvgIpc) is 2.37. The Kier molecular flexibility index (Phi) is 3.95. The second kappa shape index (κ2) is 5.33. The van der Waals surface area contributed by atoms with Gasteiger partial charge < -0.3 is 10.2 Å². The van der Waals surface area contributed by atoms with Gasteiger partial charge >= 0.3 is 0 Å². The maximum absolute atomic E-state index is 12.4. The quantitative estimate of drug-likeness (QED) is 0.841. The predicted octanol–water partition coefficient (Wildman–Crippen LogP) is 2.42. The summed E-state index contributed by atoms with van der Waals surface area (Å²) >= 11 is 0. The number of nitrogens with one attached hydrogen (secondary N) is 1. The van der Waals surface area contributed by atoms with Gasteiger partial charge in [0.15, 0.2) is 0 Å². The summed E-state index contributed by atoms with van der Waals surface area (Å²) < 4.78 is 0. The van der Waals surface area contributed by atoms with Crippen LogP contribution in [0.5, 0.6) is 0 Å². The van der Waals surface area contributed by atoms with E-state index in [0.717, 1.165) is 25.2 Å². The van der Waals surface area contributed by atoms with Crippen molar-refractivity contribution in [3.05, 3.63) is 35.4 Å². The van der Waals surface area contributed by atoms with Crippen LogP contribution in [0.2, 0.25) is 0 Å². The maximum atomic E-state index is 12.4. The molecule has 2 rings (SSSR count). The van der Waals surface area contributed by atoms with Crippen molar-refractivity contribution in [3.8, 4) is 0 Å². The van der Waals surface area contributed by atoms with Crippen molar-refractivity contribution in [2.24, 2.45) is 0 Å². The Labute approximate surface area is 116 Å². The van der Waals surface area contributed by atoms with Crippen LogP contribution in [-0.2, 0) is 5.41 Å². The third-order valence-electron chi connectivity index (χ3n) is 3.65. The molecular weight excluding hydrogens is 236 g/mol. The minimum absolute atomic E-state index is 0.130. The van der Waals surface area contributed by atoms with Crippen molar-refractivity contribution < 1.29 is 4.79 Å². The molecule has 1 N–H and O–H groups in total. The molecule has 1 aliphatic heterocycles. The van der Waals surface area contributed by atoms with Crippen LogP contribution in [0.15, 0.2) is 24.3 Å². The fourth-order valence-corrected chi connectivity index (χ4v) is 2.41. The second-order valence-corrected chi connectivity index (χ2v) is 6.43. The van der Waals surface area contributed by atoms with Gasteiger partial charge in [-0.15, -0.1) is 0 Å². The van der Waals surface area contributed by atoms with Gasteiger partial charge in [-0.2, -0.15) is 0 Å². The lowest BCUT2D eigenvalue weighted by Gasteiger charge is -2.32. The fraction of sp³-hybridized carbons (Fsp3) is 0.562. The smallest absolute Gasteiger partial charge is 0.253 e. The molecule has 1 aliphatic rings. The third-order valence-corrected chi connectivity index (χ3v) is 3.65. The number of rotatable bonds is 1. The summed E-state index contributed by atoms with van der Waals surface area (Å²) in [6.07, 6.45) is 0. The van der Waals surface area contributed by atoms with Gasteiger partial charge in [-0.1, -0.05) is 32.9 Å². The fourth-order valence-electron chi connectivity index (χ4n) is 2.41. The minimum atomic E-state index is 0.130. The zero-order valence-electron chi connectivity index (χ0n) is 12.4. The highest BCUT2D eigenvalue weighted by atomic mass is 16.2. The first-order valence-corrected chi connectivity index (χ1v) is 7.01. The van der Waals surface area contributed by atoms with Gasteiger partial charge in [0.05, 0.1) is 0 Å². The molecule has 1 fully saturated rings. The lowest BCUT2D eigenvalue weighted by atomic mass is 9.86. The molecule has 19 heavy (non-hydrogen) atoms. The van der Waals surface area contributed by atoms with E-state index in [9.17, 15) is 4.79 Å². The summed E-state index contributed by atoms with van der Waals surface area (Å²) in [6, 6.07) is 8.43. The molecule has 0 spiro atoms. The van der Waals surface area contributed by atoms with Gasteiger partial charge in [-0.05, 0) is 30.0 Å². The molecule has 1 amide bonds. The van der Waals surface area contributed by atoms with Gasteiger partial charge in [0.2, 0.25) is 0 Å². The van der Waals surface area contributed by atoms with Crippen molar-refractivity contribution >= 4 is 5.91 Å². The molecule has 1 aromatic rings. The molecule has 3 nitrogen and oxygen atoms in total. The van der Waals surface area contributed by atoms with Crippen molar-refractivity contribution in [1.29, 1.82) is 0 Å². The SMILES string of the molecule is C[C@H]1CN(C(=O)c2ccc(C(C)(C)C)cc2)CCN1. The average molecular weight is 260 g/mol. The van der Waals surface area contributed by atoms with Crippen LogP contribution in [0.3, 0.4) is 0 Å². The number of carbonyl (C=O) groups is 1. The molecule has 0 saturated carbocycles. The van der Waals surface area contributed by atoms with Crippen LogP contribution in [0.25, 0.3) is 0 Å². The zero-order valence-corrected chi connectivity index (χ0v) is 12.4. The van der Waals surface area contributed by atoms with Gasteiger partial charge in [-0.3, -0.25) is 4.79 Å². The number of carbonyl (C=O) groups excluding carboxylic acids is 1. The molecule has 0 aliphatic carbocycles. The van der Waals surface area contributed by atoms with Gasteiger partial charge in [-0.25, -0.2) is 0 Å². The molecule has 0 aromatic heterocycles. The van der Waals surface area contributed by atoms with E-state index in [1.165, 1.54) is 5.56 Å². The van der Waals surface area contributed by atoms with E-state index in [1.807, 2.05) is 17.0 Å². The second-order valence-electron chi connectivity index (χ2n) is 6.43. The monoisotopic (exact) mass is 260 g/mol. The lowest BCUT2D eigenvalue weighted by Crippen LogP contribution is -2.51. The highest BCUT2D eigenvalue weighted by Crippen LogP contribution is 2.22. The van der Waals surface area contributed by atoms with Crippen LogP contribution < -0.4 is 5.32 Å². The van der Waals surface area contributed by atoms with E-state index in [2.05, 4.69) is 45.1 Å². The van der Waals surface area contributed by atoms with Crippen molar-refractivity contribution in [1.82, 2.24) is 10.2 Å². The van der Waals surface area contributed by atoms with Crippen LogP contribution in [0.1, 0.15) is 43.6 Å². The first-order chi connectivity index (χ1) is 8.88. The minimum Gasteiger partial charge on any atom is -0.336 e. The lowest BCUT2D eigenvalue weighted by molar-refractivity contribution is 0.0709. The summed E-state index contributed by atoms with van der Waals surface area (Å²) in [6.45, 7) is 11.1.